The minimum atomic E-state index is -1.52. The number of carbonyl (C=O) groups excluding carboxylic acids is 4. The van der Waals surface area contributed by atoms with E-state index in [-0.39, 0.29) is 60.7 Å². The van der Waals surface area contributed by atoms with Crippen LogP contribution in [-0.4, -0.2) is 81.9 Å². The van der Waals surface area contributed by atoms with Crippen molar-refractivity contribution >= 4 is 71.0 Å². The van der Waals surface area contributed by atoms with Crippen LogP contribution in [0, 0.1) is 0 Å². The summed E-state index contributed by atoms with van der Waals surface area (Å²) in [4.78, 5) is 65.8. The Balaban J connectivity index is 0.000000722. The number of hydrogen-bond donors (Lipinski definition) is 6. The Bertz CT molecular complexity index is 1070. The minimum Gasteiger partial charge on any atom is -0.548 e. The topological polar surface area (TPSA) is 265 Å². The van der Waals surface area contributed by atoms with Gasteiger partial charge in [-0.1, -0.05) is 0 Å². The van der Waals surface area contributed by atoms with Gasteiger partial charge in [0.1, 0.15) is 0 Å². The first-order chi connectivity index (χ1) is 17.8. The van der Waals surface area contributed by atoms with Gasteiger partial charge in [-0.05, 0) is 61.4 Å². The number of carbonyl (C=O) groups is 6. The van der Waals surface area contributed by atoms with E-state index in [9.17, 15) is 39.0 Å². The van der Waals surface area contributed by atoms with E-state index in [0.717, 1.165) is 0 Å². The Morgan fingerprint density at radius 2 is 0.923 bits per heavy atom. The minimum absolute atomic E-state index is 0. The van der Waals surface area contributed by atoms with Crippen LogP contribution in [0.15, 0.2) is 48.5 Å². The zero-order valence-electron chi connectivity index (χ0n) is 20.4. The van der Waals surface area contributed by atoms with Crippen molar-refractivity contribution in [2.45, 2.75) is 37.8 Å². The number of nitrogen functional groups attached to an aromatic ring is 2. The molecule has 206 valence electrons. The van der Waals surface area contributed by atoms with E-state index in [2.05, 4.69) is 10.6 Å². The molecule has 2 aromatic carbocycles. The van der Waals surface area contributed by atoms with Crippen molar-refractivity contribution < 1.29 is 49.2 Å². The summed E-state index contributed by atoms with van der Waals surface area (Å²) in [6.07, 6.45) is -1.22. The number of anilines is 2. The number of carboxylic acid groups (broad SMARTS) is 4. The second-order valence-electron chi connectivity index (χ2n) is 7.80. The first-order valence-corrected chi connectivity index (χ1v) is 11.0. The van der Waals surface area contributed by atoms with Crippen molar-refractivity contribution in [3.8, 4) is 0 Å². The number of hydrogen-bond acceptors (Lipinski definition) is 10. The van der Waals surface area contributed by atoms with E-state index in [4.69, 9.17) is 21.7 Å². The molecule has 0 unspecified atom stereocenters. The van der Waals surface area contributed by atoms with E-state index < -0.39 is 47.8 Å². The molecule has 2 radical (unpaired) electrons. The van der Waals surface area contributed by atoms with Gasteiger partial charge in [0.15, 0.2) is 0 Å². The van der Waals surface area contributed by atoms with Crippen molar-refractivity contribution in [2.24, 2.45) is 0 Å². The van der Waals surface area contributed by atoms with Crippen LogP contribution in [0.5, 0.6) is 0 Å². The molecule has 2 aromatic rings. The molecule has 0 saturated carbocycles. The summed E-state index contributed by atoms with van der Waals surface area (Å²) in [7, 11) is 0. The van der Waals surface area contributed by atoms with Gasteiger partial charge < -0.3 is 52.1 Å². The van der Waals surface area contributed by atoms with E-state index >= 15 is 0 Å². The van der Waals surface area contributed by atoms with Gasteiger partial charge in [0.25, 0.3) is 11.8 Å². The molecule has 2 atom stereocenters. The number of rotatable bonds is 12. The molecule has 2 amide bonds. The van der Waals surface area contributed by atoms with Crippen molar-refractivity contribution in [1.82, 2.24) is 10.6 Å². The summed E-state index contributed by atoms with van der Waals surface area (Å²) in [6, 6.07) is 9.06. The van der Waals surface area contributed by atoms with Crippen molar-refractivity contribution in [2.75, 3.05) is 11.5 Å². The van der Waals surface area contributed by atoms with Crippen LogP contribution in [0.1, 0.15) is 46.4 Å². The van der Waals surface area contributed by atoms with Crippen molar-refractivity contribution in [3.05, 3.63) is 59.7 Å². The number of carboxylic acids is 4. The predicted molar refractivity (Wildman–Crippen MR) is 134 cm³/mol. The van der Waals surface area contributed by atoms with Crippen molar-refractivity contribution in [3.63, 3.8) is 0 Å². The van der Waals surface area contributed by atoms with Gasteiger partial charge in [0, 0.05) is 35.3 Å². The van der Waals surface area contributed by atoms with Crippen LogP contribution >= 0.6 is 0 Å². The van der Waals surface area contributed by atoms with E-state index in [1.54, 1.807) is 0 Å². The largest absolute Gasteiger partial charge is 2.00 e. The van der Waals surface area contributed by atoms with Crippen LogP contribution in [0.2, 0.25) is 0 Å². The summed E-state index contributed by atoms with van der Waals surface area (Å²) in [5, 5.41) is 43.0. The van der Waals surface area contributed by atoms with Crippen LogP contribution in [-0.2, 0) is 19.2 Å². The maximum absolute atomic E-state index is 11.7. The monoisotopic (exact) mass is 650 g/mol. The molecule has 0 aliphatic carbocycles. The first kappa shape index (κ1) is 34.7. The quantitative estimate of drug-likeness (QED) is 0.104. The first-order valence-electron chi connectivity index (χ1n) is 11.0. The van der Waals surface area contributed by atoms with E-state index in [1.165, 1.54) is 48.5 Å². The number of benzene rings is 2. The molecule has 0 spiro atoms. The third-order valence-electron chi connectivity index (χ3n) is 4.82. The van der Waals surface area contributed by atoms with Gasteiger partial charge in [-0.15, -0.1) is 0 Å². The summed E-state index contributed by atoms with van der Waals surface area (Å²) < 4.78 is 0. The molecule has 15 heteroatoms. The maximum Gasteiger partial charge on any atom is 2.00 e. The van der Waals surface area contributed by atoms with Crippen molar-refractivity contribution in [1.29, 1.82) is 0 Å². The molecular weight excluding hydrogens is 623 g/mol. The fraction of sp³-hybridized carbons (Fsp3) is 0.250. The molecule has 0 aliphatic heterocycles. The summed E-state index contributed by atoms with van der Waals surface area (Å²) in [5.41, 5.74) is 12.3. The summed E-state index contributed by atoms with van der Waals surface area (Å²) >= 11 is 0. The molecule has 0 heterocycles. The molecule has 8 N–H and O–H groups in total. The SMILES string of the molecule is Nc1ccc(C(=O)N[C@@H](CCC(=O)O)C(=O)[O-])cc1.Nc1ccc(C(=O)N[C@@H](CCC(=O)O)C(=O)[O-])cc1.[Sn+2]. The van der Waals surface area contributed by atoms with Gasteiger partial charge in [-0.3, -0.25) is 19.2 Å². The number of nitrogens with two attached hydrogens (primary N) is 2. The smallest absolute Gasteiger partial charge is 0.548 e. The van der Waals surface area contributed by atoms with Crippen LogP contribution in [0.25, 0.3) is 0 Å². The van der Waals surface area contributed by atoms with Gasteiger partial charge >= 0.3 is 35.8 Å². The fourth-order valence-corrected chi connectivity index (χ4v) is 2.79. The molecule has 0 aliphatic rings. The normalized spacial score (nSPS) is 11.3. The maximum atomic E-state index is 11.7. The average Bonchev–Trinajstić information content (AvgIpc) is 2.84. The molecule has 0 saturated heterocycles. The van der Waals surface area contributed by atoms with E-state index in [0.29, 0.717) is 11.4 Å². The summed E-state index contributed by atoms with van der Waals surface area (Å²) in [6.45, 7) is 0. The van der Waals surface area contributed by atoms with Gasteiger partial charge in [0.2, 0.25) is 0 Å². The summed E-state index contributed by atoms with van der Waals surface area (Å²) in [5.74, 6) is -6.59. The van der Waals surface area contributed by atoms with Gasteiger partial charge in [0.05, 0.1) is 24.0 Å². The molecule has 39 heavy (non-hydrogen) atoms. The standard InChI is InChI=1S/2C12H14N2O5.Sn/c2*13-8-3-1-7(2-4-8)11(17)14-9(12(18)19)5-6-10(15)16;/h2*1-4,9H,5-6,13H2,(H,14,17)(H,15,16)(H,18,19);/q;;+2/p-2/t2*9-;/m00./s1. The predicted octanol–water partition coefficient (Wildman–Crippen LogP) is -2.42. The Labute approximate surface area is 239 Å². The zero-order valence-corrected chi connectivity index (χ0v) is 23.3. The average molecular weight is 649 g/mol. The number of amides is 2. The molecule has 2 rings (SSSR count). The Morgan fingerprint density at radius 3 is 1.15 bits per heavy atom. The van der Waals surface area contributed by atoms with Crippen LogP contribution in [0.4, 0.5) is 11.4 Å². The van der Waals surface area contributed by atoms with Gasteiger partial charge in [-0.2, -0.15) is 0 Å². The third kappa shape index (κ3) is 13.7. The second kappa shape index (κ2) is 17.2. The number of aliphatic carboxylic acids is 4. The van der Waals surface area contributed by atoms with Crippen LogP contribution in [0.3, 0.4) is 0 Å². The number of nitrogens with one attached hydrogen (secondary N) is 2. The van der Waals surface area contributed by atoms with Gasteiger partial charge in [-0.25, -0.2) is 0 Å². The fourth-order valence-electron chi connectivity index (χ4n) is 2.79. The van der Waals surface area contributed by atoms with Crippen LogP contribution < -0.4 is 32.3 Å². The zero-order chi connectivity index (χ0) is 28.8. The Hall–Kier alpha value is -4.34. The van der Waals surface area contributed by atoms with E-state index in [1.807, 2.05) is 0 Å². The third-order valence-corrected chi connectivity index (χ3v) is 4.82. The second-order valence-corrected chi connectivity index (χ2v) is 7.80. The molecule has 14 nitrogen and oxygen atoms in total. The Kier molecular flexibility index (Phi) is 15.3. The molecule has 0 aromatic heterocycles. The molecular formula is C24H26N4O10Sn. The molecule has 0 fully saturated rings. The molecule has 0 bridgehead atoms. The Morgan fingerprint density at radius 1 is 0.641 bits per heavy atom.